The highest BCUT2D eigenvalue weighted by Crippen LogP contribution is 2.21. The first kappa shape index (κ1) is 13.5. The van der Waals surface area contributed by atoms with Crippen LogP contribution in [0.5, 0.6) is 5.88 Å². The van der Waals surface area contributed by atoms with E-state index in [-0.39, 0.29) is 0 Å². The highest BCUT2D eigenvalue weighted by atomic mass is 35.5. The minimum absolute atomic E-state index is 0.332. The zero-order chi connectivity index (χ0) is 13.0. The second-order valence-electron chi connectivity index (χ2n) is 3.66. The maximum Gasteiger partial charge on any atom is 0.213 e. The van der Waals surface area contributed by atoms with Crippen LogP contribution in [-0.4, -0.2) is 4.98 Å². The van der Waals surface area contributed by atoms with Crippen LogP contribution in [0.2, 0.25) is 10.0 Å². The number of nitrogens with zero attached hydrogens (tertiary/aromatic N) is 1. The van der Waals surface area contributed by atoms with Gasteiger partial charge in [0.25, 0.3) is 0 Å². The zero-order valence-electron chi connectivity index (χ0n) is 9.37. The average Bonchev–Trinajstić information content (AvgIpc) is 2.39. The van der Waals surface area contributed by atoms with Gasteiger partial charge in [0, 0.05) is 23.2 Å². The fourth-order valence-corrected chi connectivity index (χ4v) is 1.96. The molecule has 0 unspecified atom stereocenters. The number of hydrogen-bond donors (Lipinski definition) is 0. The summed E-state index contributed by atoms with van der Waals surface area (Å²) in [5.41, 5.74) is 1.82. The molecule has 0 fully saturated rings. The molecule has 0 saturated heterocycles. The van der Waals surface area contributed by atoms with E-state index in [1.807, 2.05) is 24.3 Å². The Kier molecular flexibility index (Phi) is 4.70. The molecule has 0 amide bonds. The summed E-state index contributed by atoms with van der Waals surface area (Å²) >= 11 is 17.5. The average molecular weight is 303 g/mol. The molecule has 0 aliphatic carbocycles. The molecule has 2 rings (SSSR count). The Morgan fingerprint density at radius 1 is 1.11 bits per heavy atom. The van der Waals surface area contributed by atoms with Gasteiger partial charge in [-0.05, 0) is 23.3 Å². The van der Waals surface area contributed by atoms with Crippen LogP contribution in [0, 0.1) is 0 Å². The smallest absolute Gasteiger partial charge is 0.213 e. The number of pyridine rings is 1. The van der Waals surface area contributed by atoms with E-state index in [1.54, 1.807) is 6.07 Å². The predicted octanol–water partition coefficient (Wildman–Crippen LogP) is 4.71. The molecule has 5 heteroatoms. The first-order valence-electron chi connectivity index (χ1n) is 5.26. The van der Waals surface area contributed by atoms with Crippen molar-refractivity contribution in [3.05, 3.63) is 57.7 Å². The van der Waals surface area contributed by atoms with E-state index in [4.69, 9.17) is 39.5 Å². The van der Waals surface area contributed by atoms with E-state index in [2.05, 4.69) is 4.98 Å². The van der Waals surface area contributed by atoms with Gasteiger partial charge in [-0.25, -0.2) is 4.98 Å². The number of aromatic nitrogens is 1. The van der Waals surface area contributed by atoms with Crippen molar-refractivity contribution in [1.29, 1.82) is 0 Å². The van der Waals surface area contributed by atoms with E-state index in [0.717, 1.165) is 11.1 Å². The van der Waals surface area contributed by atoms with Crippen LogP contribution in [0.4, 0.5) is 0 Å². The van der Waals surface area contributed by atoms with Crippen molar-refractivity contribution >= 4 is 34.8 Å². The van der Waals surface area contributed by atoms with Gasteiger partial charge >= 0.3 is 0 Å². The lowest BCUT2D eigenvalue weighted by molar-refractivity contribution is 0.293. The Balaban J connectivity index is 2.04. The van der Waals surface area contributed by atoms with Crippen LogP contribution < -0.4 is 4.74 Å². The maximum atomic E-state index is 5.91. The zero-order valence-corrected chi connectivity index (χ0v) is 11.6. The lowest BCUT2D eigenvalue weighted by Gasteiger charge is -2.07. The van der Waals surface area contributed by atoms with Crippen LogP contribution in [0.15, 0.2) is 36.5 Å². The number of halogens is 3. The van der Waals surface area contributed by atoms with Crippen LogP contribution >= 0.6 is 34.8 Å². The highest BCUT2D eigenvalue weighted by Gasteiger charge is 2.03. The second-order valence-corrected chi connectivity index (χ2v) is 4.77. The quantitative estimate of drug-likeness (QED) is 0.763. The fourth-order valence-electron chi connectivity index (χ4n) is 1.38. The lowest BCUT2D eigenvalue weighted by atomic mass is 10.2. The summed E-state index contributed by atoms with van der Waals surface area (Å²) in [5.74, 6) is 0.837. The summed E-state index contributed by atoms with van der Waals surface area (Å²) in [7, 11) is 0. The van der Waals surface area contributed by atoms with Gasteiger partial charge in [-0.15, -0.1) is 11.6 Å². The van der Waals surface area contributed by atoms with E-state index in [0.29, 0.717) is 28.4 Å². The first-order valence-corrected chi connectivity index (χ1v) is 6.55. The molecular formula is C13H10Cl3NO. The SMILES string of the molecule is ClCc1cc(OCc2ccc(Cl)cc2)ncc1Cl. The summed E-state index contributed by atoms with van der Waals surface area (Å²) in [6.07, 6.45) is 1.54. The molecule has 0 spiro atoms. The number of alkyl halides is 1. The van der Waals surface area contributed by atoms with Gasteiger partial charge in [0.1, 0.15) is 6.61 Å². The third kappa shape index (κ3) is 3.52. The largest absolute Gasteiger partial charge is 0.473 e. The van der Waals surface area contributed by atoms with Crippen molar-refractivity contribution < 1.29 is 4.74 Å². The number of ether oxygens (including phenoxy) is 1. The Bertz CT molecular complexity index is 528. The van der Waals surface area contributed by atoms with E-state index in [9.17, 15) is 0 Å². The standard InChI is InChI=1S/C13H10Cl3NO/c14-6-10-5-13(17-7-12(10)16)18-8-9-1-3-11(15)4-2-9/h1-5,7H,6,8H2. The molecule has 1 aromatic heterocycles. The molecule has 0 aliphatic rings. The normalized spacial score (nSPS) is 10.4. The summed E-state index contributed by atoms with van der Waals surface area (Å²) < 4.78 is 5.56. The van der Waals surface area contributed by atoms with Crippen LogP contribution in [0.3, 0.4) is 0 Å². The minimum Gasteiger partial charge on any atom is -0.473 e. The van der Waals surface area contributed by atoms with Crippen molar-refractivity contribution in [1.82, 2.24) is 4.98 Å². The molecule has 0 aliphatic heterocycles. The monoisotopic (exact) mass is 301 g/mol. The minimum atomic E-state index is 0.332. The predicted molar refractivity (Wildman–Crippen MR) is 74.6 cm³/mol. The van der Waals surface area contributed by atoms with Crippen LogP contribution in [0.25, 0.3) is 0 Å². The fraction of sp³-hybridized carbons (Fsp3) is 0.154. The van der Waals surface area contributed by atoms with Gasteiger partial charge in [-0.3, -0.25) is 0 Å². The van der Waals surface area contributed by atoms with Crippen molar-refractivity contribution in [2.24, 2.45) is 0 Å². The summed E-state index contributed by atoms with van der Waals surface area (Å²) in [6.45, 7) is 0.424. The topological polar surface area (TPSA) is 22.1 Å². The molecule has 2 aromatic rings. The lowest BCUT2D eigenvalue weighted by Crippen LogP contribution is -1.98. The number of benzene rings is 1. The van der Waals surface area contributed by atoms with Gasteiger partial charge in [-0.1, -0.05) is 35.3 Å². The van der Waals surface area contributed by atoms with Gasteiger partial charge in [0.2, 0.25) is 5.88 Å². The third-order valence-corrected chi connectivity index (χ3v) is 3.23. The van der Waals surface area contributed by atoms with E-state index < -0.39 is 0 Å². The molecule has 0 radical (unpaired) electrons. The third-order valence-electron chi connectivity index (χ3n) is 2.35. The summed E-state index contributed by atoms with van der Waals surface area (Å²) in [5, 5.41) is 1.25. The van der Waals surface area contributed by atoms with Crippen molar-refractivity contribution in [3.63, 3.8) is 0 Å². The Hall–Kier alpha value is -0.960. The van der Waals surface area contributed by atoms with Gasteiger partial charge in [0.15, 0.2) is 0 Å². The molecule has 18 heavy (non-hydrogen) atoms. The van der Waals surface area contributed by atoms with E-state index >= 15 is 0 Å². The molecular weight excluding hydrogens is 293 g/mol. The second kappa shape index (κ2) is 6.28. The number of rotatable bonds is 4. The Labute approximate surface area is 120 Å². The molecule has 0 saturated carbocycles. The summed E-state index contributed by atoms with van der Waals surface area (Å²) in [4.78, 5) is 4.08. The molecule has 1 aromatic carbocycles. The van der Waals surface area contributed by atoms with Crippen molar-refractivity contribution in [2.75, 3.05) is 0 Å². The van der Waals surface area contributed by atoms with Crippen molar-refractivity contribution in [3.8, 4) is 5.88 Å². The van der Waals surface area contributed by atoms with Gasteiger partial charge < -0.3 is 4.74 Å². The van der Waals surface area contributed by atoms with Crippen LogP contribution in [-0.2, 0) is 12.5 Å². The molecule has 0 atom stereocenters. The Morgan fingerprint density at radius 2 is 1.83 bits per heavy atom. The van der Waals surface area contributed by atoms with Crippen molar-refractivity contribution in [2.45, 2.75) is 12.5 Å². The molecule has 2 nitrogen and oxygen atoms in total. The molecule has 94 valence electrons. The van der Waals surface area contributed by atoms with Crippen LogP contribution in [0.1, 0.15) is 11.1 Å². The molecule has 1 heterocycles. The molecule has 0 N–H and O–H groups in total. The highest BCUT2D eigenvalue weighted by molar-refractivity contribution is 6.32. The summed E-state index contributed by atoms with van der Waals surface area (Å²) in [6, 6.07) is 9.19. The maximum absolute atomic E-state index is 5.91. The Morgan fingerprint density at radius 3 is 2.50 bits per heavy atom. The molecule has 0 bridgehead atoms. The first-order chi connectivity index (χ1) is 8.69. The van der Waals surface area contributed by atoms with Gasteiger partial charge in [-0.2, -0.15) is 0 Å². The van der Waals surface area contributed by atoms with Gasteiger partial charge in [0.05, 0.1) is 5.02 Å². The van der Waals surface area contributed by atoms with E-state index in [1.165, 1.54) is 6.20 Å². The number of hydrogen-bond acceptors (Lipinski definition) is 2.